The minimum absolute atomic E-state index is 0. The average Bonchev–Trinajstić information content (AvgIpc) is 2.99. The highest BCUT2D eigenvalue weighted by molar-refractivity contribution is 4.58. The zero-order valence-electron chi connectivity index (χ0n) is 32.0. The van der Waals surface area contributed by atoms with E-state index < -0.39 is 0 Å². The highest BCUT2D eigenvalue weighted by Gasteiger charge is 2.33. The summed E-state index contributed by atoms with van der Waals surface area (Å²) in [7, 11) is 0. The number of nitrogens with zero attached hydrogens (tertiary/aromatic N) is 1. The summed E-state index contributed by atoms with van der Waals surface area (Å²) in [5.74, 6) is 0. The Bertz CT molecular complexity index is 470. The van der Waals surface area contributed by atoms with E-state index in [4.69, 9.17) is 0 Å². The van der Waals surface area contributed by atoms with Crippen LogP contribution in [-0.2, 0) is 0 Å². The van der Waals surface area contributed by atoms with Crippen molar-refractivity contribution in [2.45, 2.75) is 259 Å². The number of halogens is 1. The second-order valence-corrected chi connectivity index (χ2v) is 15.3. The second kappa shape index (κ2) is 36.1. The van der Waals surface area contributed by atoms with E-state index in [2.05, 4.69) is 41.5 Å². The summed E-state index contributed by atoms with van der Waals surface area (Å²) in [5, 5.41) is 0. The molecule has 1 nitrogen and oxygen atoms in total. The predicted molar refractivity (Wildman–Crippen MR) is 199 cm³/mol. The number of hydrogen-bond acceptors (Lipinski definition) is 0. The Morgan fingerprint density at radius 1 is 0.273 bits per heavy atom. The number of rotatable bonds is 36. The third kappa shape index (κ3) is 28.5. The molecule has 0 radical (unpaired) electrons. The number of unbranched alkanes of at least 4 members (excludes halogenated alkanes) is 30. The molecule has 0 N–H and O–H groups in total. The summed E-state index contributed by atoms with van der Waals surface area (Å²) in [6.45, 7) is 17.4. The average molecular weight is 643 g/mol. The molecule has 0 spiro atoms. The molecule has 0 fully saturated rings. The van der Waals surface area contributed by atoms with Crippen LogP contribution in [0.15, 0.2) is 0 Å². The van der Waals surface area contributed by atoms with Crippen LogP contribution in [-0.4, -0.2) is 29.7 Å². The van der Waals surface area contributed by atoms with Crippen LogP contribution in [0.4, 0.5) is 0 Å². The lowest BCUT2D eigenvalue weighted by molar-refractivity contribution is -0.967. The van der Waals surface area contributed by atoms with Crippen molar-refractivity contribution in [2.24, 2.45) is 0 Å². The number of hydrogen-bond donors (Lipinski definition) is 0. The van der Waals surface area contributed by atoms with Crippen molar-refractivity contribution in [2.75, 3.05) is 13.1 Å². The molecule has 0 unspecified atom stereocenters. The SMILES string of the molecule is CCCCCCCCCCCCCCCCCC[N+](CCCCCCCCCCCCCCCCCC)(C(C)C)C(C)C.[Cl-]. The van der Waals surface area contributed by atoms with Crippen molar-refractivity contribution in [3.05, 3.63) is 0 Å². The van der Waals surface area contributed by atoms with Gasteiger partial charge in [0.2, 0.25) is 0 Å². The van der Waals surface area contributed by atoms with Crippen molar-refractivity contribution in [1.82, 2.24) is 0 Å². The topological polar surface area (TPSA) is 0 Å². The van der Waals surface area contributed by atoms with Crippen molar-refractivity contribution < 1.29 is 16.9 Å². The molecule has 0 atom stereocenters. The van der Waals surface area contributed by atoms with Gasteiger partial charge in [0.1, 0.15) is 0 Å². The fourth-order valence-electron chi connectivity index (χ4n) is 7.65. The highest BCUT2D eigenvalue weighted by Crippen LogP contribution is 2.24. The van der Waals surface area contributed by atoms with Crippen LogP contribution in [0, 0.1) is 0 Å². The predicted octanol–water partition coefficient (Wildman–Crippen LogP) is 12.1. The lowest BCUT2D eigenvalue weighted by Gasteiger charge is -2.46. The van der Waals surface area contributed by atoms with Crippen molar-refractivity contribution >= 4 is 0 Å². The molecule has 0 saturated heterocycles. The second-order valence-electron chi connectivity index (χ2n) is 15.3. The third-order valence-corrected chi connectivity index (χ3v) is 10.9. The summed E-state index contributed by atoms with van der Waals surface area (Å²) in [4.78, 5) is 0. The smallest absolute Gasteiger partial charge is 0.0835 e. The first-order chi connectivity index (χ1) is 21.0. The van der Waals surface area contributed by atoms with E-state index in [1.165, 1.54) is 223 Å². The fraction of sp³-hybridized carbons (Fsp3) is 1.00. The van der Waals surface area contributed by atoms with Gasteiger partial charge in [0.25, 0.3) is 0 Å². The van der Waals surface area contributed by atoms with E-state index in [0.29, 0.717) is 0 Å². The Labute approximate surface area is 288 Å². The Kier molecular flexibility index (Phi) is 38.0. The maximum absolute atomic E-state index is 2.50. The molecule has 0 heterocycles. The van der Waals surface area contributed by atoms with Gasteiger partial charge in [0.15, 0.2) is 0 Å². The van der Waals surface area contributed by atoms with Gasteiger partial charge < -0.3 is 16.9 Å². The van der Waals surface area contributed by atoms with Gasteiger partial charge >= 0.3 is 0 Å². The van der Waals surface area contributed by atoms with Crippen LogP contribution in [0.25, 0.3) is 0 Å². The first kappa shape index (κ1) is 46.4. The largest absolute Gasteiger partial charge is 1.00 e. The van der Waals surface area contributed by atoms with Crippen molar-refractivity contribution in [3.63, 3.8) is 0 Å². The molecule has 0 rings (SSSR count). The zero-order valence-corrected chi connectivity index (χ0v) is 32.8. The Hall–Kier alpha value is 0.250. The summed E-state index contributed by atoms with van der Waals surface area (Å²) in [6.07, 6.45) is 46.9. The maximum Gasteiger partial charge on any atom is 0.0835 e. The van der Waals surface area contributed by atoms with Crippen molar-refractivity contribution in [3.8, 4) is 0 Å². The lowest BCUT2D eigenvalue weighted by Crippen LogP contribution is -3.00. The summed E-state index contributed by atoms with van der Waals surface area (Å²) in [5.41, 5.74) is 0. The van der Waals surface area contributed by atoms with Crippen LogP contribution < -0.4 is 12.4 Å². The number of quaternary nitrogens is 1. The van der Waals surface area contributed by atoms with Gasteiger partial charge in [-0.05, 0) is 53.4 Å². The molecule has 2 heteroatoms. The van der Waals surface area contributed by atoms with Crippen molar-refractivity contribution in [1.29, 1.82) is 0 Å². The molecule has 0 aromatic heterocycles. The molecule has 0 aliphatic carbocycles. The van der Waals surface area contributed by atoms with Gasteiger partial charge in [-0.1, -0.05) is 194 Å². The van der Waals surface area contributed by atoms with Gasteiger partial charge in [-0.3, -0.25) is 0 Å². The van der Waals surface area contributed by atoms with E-state index >= 15 is 0 Å². The molecule has 268 valence electrons. The molecule has 0 amide bonds. The monoisotopic (exact) mass is 642 g/mol. The van der Waals surface area contributed by atoms with Crippen LogP contribution in [0.2, 0.25) is 0 Å². The first-order valence-electron chi connectivity index (χ1n) is 20.9. The van der Waals surface area contributed by atoms with E-state index in [1.54, 1.807) is 0 Å². The summed E-state index contributed by atoms with van der Waals surface area (Å²) >= 11 is 0. The lowest BCUT2D eigenvalue weighted by atomic mass is 10.0. The molecule has 0 bridgehead atoms. The zero-order chi connectivity index (χ0) is 31.7. The van der Waals surface area contributed by atoms with E-state index in [1.807, 2.05) is 0 Å². The van der Waals surface area contributed by atoms with Crippen LogP contribution in [0.3, 0.4) is 0 Å². The molecule has 0 saturated carbocycles. The van der Waals surface area contributed by atoms with Crippen LogP contribution in [0.5, 0.6) is 0 Å². The molecule has 0 aromatic carbocycles. The normalized spacial score (nSPS) is 12.0. The fourth-order valence-corrected chi connectivity index (χ4v) is 7.65. The van der Waals surface area contributed by atoms with E-state index in [9.17, 15) is 0 Å². The minimum Gasteiger partial charge on any atom is -1.00 e. The molecule has 0 aliphatic heterocycles. The van der Waals surface area contributed by atoms with E-state index in [0.717, 1.165) is 12.1 Å². The molecule has 0 aliphatic rings. The van der Waals surface area contributed by atoms with Gasteiger partial charge in [0, 0.05) is 0 Å². The molecule has 0 aromatic rings. The van der Waals surface area contributed by atoms with Crippen LogP contribution in [0.1, 0.15) is 247 Å². The Morgan fingerprint density at radius 3 is 0.591 bits per heavy atom. The quantitative estimate of drug-likeness (QED) is 0.0471. The highest BCUT2D eigenvalue weighted by atomic mass is 35.5. The minimum atomic E-state index is 0. The molecular weight excluding hydrogens is 554 g/mol. The van der Waals surface area contributed by atoms with Gasteiger partial charge in [-0.15, -0.1) is 0 Å². The molecular formula is C42H88ClN. The Balaban J connectivity index is 0. The maximum atomic E-state index is 2.50. The summed E-state index contributed by atoms with van der Waals surface area (Å²) < 4.78 is 1.36. The third-order valence-electron chi connectivity index (χ3n) is 10.9. The Morgan fingerprint density at radius 2 is 0.432 bits per heavy atom. The standard InChI is InChI=1S/C42H88N.ClH/c1-7-9-11-13-15-17-19-21-23-25-27-29-31-33-35-37-39-43(41(3)4,42(5)6)40-38-36-34-32-30-28-26-24-22-20-18-16-14-12-10-8-2;/h41-42H,7-40H2,1-6H3;1H/q+1;/p-1. The van der Waals surface area contributed by atoms with Gasteiger partial charge in [-0.2, -0.15) is 0 Å². The van der Waals surface area contributed by atoms with Gasteiger partial charge in [-0.25, -0.2) is 0 Å². The van der Waals surface area contributed by atoms with Gasteiger partial charge in [0.05, 0.1) is 25.2 Å². The molecule has 44 heavy (non-hydrogen) atoms. The van der Waals surface area contributed by atoms with E-state index in [-0.39, 0.29) is 12.4 Å². The summed E-state index contributed by atoms with van der Waals surface area (Å²) in [6, 6.07) is 1.51. The first-order valence-corrected chi connectivity index (χ1v) is 20.9. The van der Waals surface area contributed by atoms with Crippen LogP contribution >= 0.6 is 0 Å².